The Balaban J connectivity index is 1.67. The molecule has 172 valence electrons. The van der Waals surface area contributed by atoms with Gasteiger partial charge in [0.1, 0.15) is 18.2 Å². The quantitative estimate of drug-likeness (QED) is 0.259. The Kier molecular flexibility index (Phi) is 3.75. The Labute approximate surface area is 209 Å². The zero-order valence-corrected chi connectivity index (χ0v) is 20.0. The summed E-state index contributed by atoms with van der Waals surface area (Å²) >= 11 is 0. The van der Waals surface area contributed by atoms with Gasteiger partial charge < -0.3 is 4.42 Å². The lowest BCUT2D eigenvalue weighted by molar-refractivity contribution is -0.661. The van der Waals surface area contributed by atoms with Gasteiger partial charge in [-0.05, 0) is 65.5 Å². The smallest absolute Gasteiger partial charge is 0.216 e. The molecule has 3 nitrogen and oxygen atoms in total. The first-order valence-corrected chi connectivity index (χ1v) is 11.5. The van der Waals surface area contributed by atoms with Gasteiger partial charge in [0.2, 0.25) is 11.9 Å². The number of pyridine rings is 1. The second kappa shape index (κ2) is 7.52. The van der Waals surface area contributed by atoms with Crippen LogP contribution in [0.1, 0.15) is 41.6 Å². The summed E-state index contributed by atoms with van der Waals surface area (Å²) in [6, 6.07) is 17.9. The van der Waals surface area contributed by atoms with Crippen LogP contribution >= 0.6 is 0 Å². The Morgan fingerprint density at radius 2 is 1.69 bits per heavy atom. The fourth-order valence-corrected chi connectivity index (χ4v) is 5.15. The number of fused-ring (bicyclic) bond motifs is 4. The molecule has 0 radical (unpaired) electrons. The molecule has 0 amide bonds. The third-order valence-corrected chi connectivity index (χ3v) is 6.69. The molecule has 0 saturated heterocycles. The van der Waals surface area contributed by atoms with Gasteiger partial charge in [0.25, 0.3) is 0 Å². The monoisotopic (exact) mass is 465 g/mol. The predicted octanol–water partition coefficient (Wildman–Crippen LogP) is 7.19. The van der Waals surface area contributed by atoms with Crippen molar-refractivity contribution in [3.63, 3.8) is 0 Å². The van der Waals surface area contributed by atoms with Crippen LogP contribution in [-0.4, -0.2) is 0 Å². The van der Waals surface area contributed by atoms with E-state index in [2.05, 4.69) is 6.07 Å². The van der Waals surface area contributed by atoms with Crippen LogP contribution in [0.3, 0.4) is 0 Å². The molecule has 0 spiro atoms. The summed E-state index contributed by atoms with van der Waals surface area (Å²) in [5.41, 5.74) is 4.42. The summed E-state index contributed by atoms with van der Waals surface area (Å²) in [6.07, 6.45) is -2.39. The van der Waals surface area contributed by atoms with Crippen LogP contribution in [0.5, 0.6) is 0 Å². The molecule has 3 aromatic carbocycles. The molecule has 0 unspecified atom stereocenters. The number of halogens is 1. The SMILES string of the molecule is [2H]C1([2H])c2ccc(-c3c(C#N)ccc4c3oc3c(-c5ccc(F)c[n+]5C)c(C)ccc34)cc2C([2H])([2H])C1(C)C. The van der Waals surface area contributed by atoms with Crippen molar-refractivity contribution >= 4 is 21.9 Å². The van der Waals surface area contributed by atoms with Gasteiger partial charge in [-0.25, -0.2) is 4.39 Å². The van der Waals surface area contributed by atoms with Crippen molar-refractivity contribution in [3.8, 4) is 28.5 Å². The minimum atomic E-state index is -1.93. The number of aromatic nitrogens is 1. The molecule has 0 fully saturated rings. The topological polar surface area (TPSA) is 40.8 Å². The van der Waals surface area contributed by atoms with Gasteiger partial charge in [0.05, 0.1) is 17.2 Å². The van der Waals surface area contributed by atoms with Crippen LogP contribution < -0.4 is 4.57 Å². The summed E-state index contributed by atoms with van der Waals surface area (Å²) in [4.78, 5) is 0. The molecule has 2 heterocycles. The highest BCUT2D eigenvalue weighted by atomic mass is 19.1. The number of furan rings is 1. The van der Waals surface area contributed by atoms with Gasteiger partial charge in [0, 0.05) is 27.9 Å². The van der Waals surface area contributed by atoms with Crippen LogP contribution in [-0.2, 0) is 19.8 Å². The first kappa shape index (κ1) is 17.5. The zero-order chi connectivity index (χ0) is 28.1. The second-order valence-corrected chi connectivity index (χ2v) is 9.69. The second-order valence-electron chi connectivity index (χ2n) is 9.69. The number of rotatable bonds is 2. The lowest BCUT2D eigenvalue weighted by Crippen LogP contribution is -2.31. The van der Waals surface area contributed by atoms with Crippen LogP contribution in [0.15, 0.2) is 65.2 Å². The van der Waals surface area contributed by atoms with Crippen molar-refractivity contribution in [2.45, 2.75) is 33.5 Å². The van der Waals surface area contributed by atoms with Crippen molar-refractivity contribution in [1.82, 2.24) is 0 Å². The van der Waals surface area contributed by atoms with E-state index < -0.39 is 18.2 Å². The van der Waals surface area contributed by atoms with Crippen LogP contribution in [0.25, 0.3) is 44.3 Å². The van der Waals surface area contributed by atoms with E-state index in [1.54, 1.807) is 55.8 Å². The Hall–Kier alpha value is -3.97. The molecule has 6 rings (SSSR count). The van der Waals surface area contributed by atoms with Gasteiger partial charge in [-0.3, -0.25) is 0 Å². The van der Waals surface area contributed by atoms with E-state index in [1.807, 2.05) is 25.1 Å². The van der Waals surface area contributed by atoms with Crippen LogP contribution in [0, 0.1) is 29.5 Å². The Morgan fingerprint density at radius 1 is 0.971 bits per heavy atom. The maximum atomic E-state index is 13.9. The minimum Gasteiger partial charge on any atom is -0.454 e. The third kappa shape index (κ3) is 3.34. The number of nitrogens with zero attached hydrogens (tertiary/aromatic N) is 2. The molecule has 0 saturated carbocycles. The largest absolute Gasteiger partial charge is 0.454 e. The fourth-order valence-electron chi connectivity index (χ4n) is 5.15. The highest BCUT2D eigenvalue weighted by Gasteiger charge is 2.29. The van der Waals surface area contributed by atoms with E-state index in [0.717, 1.165) is 27.6 Å². The Morgan fingerprint density at radius 3 is 2.43 bits per heavy atom. The first-order chi connectivity index (χ1) is 18.3. The molecular formula is C31H26FN2O+. The highest BCUT2D eigenvalue weighted by Crippen LogP contribution is 2.43. The molecule has 4 heteroatoms. The van der Waals surface area contributed by atoms with Gasteiger partial charge >= 0.3 is 0 Å². The molecule has 0 atom stereocenters. The number of hydrogen-bond donors (Lipinski definition) is 0. The van der Waals surface area contributed by atoms with Gasteiger partial charge in [-0.1, -0.05) is 44.2 Å². The maximum absolute atomic E-state index is 13.9. The molecule has 5 aromatic rings. The van der Waals surface area contributed by atoms with Crippen molar-refractivity contribution in [2.75, 3.05) is 0 Å². The van der Waals surface area contributed by atoms with E-state index in [4.69, 9.17) is 9.90 Å². The fraction of sp³-hybridized carbons (Fsp3) is 0.226. The molecule has 0 bridgehead atoms. The summed E-state index contributed by atoms with van der Waals surface area (Å²) < 4.78 is 57.2. The average Bonchev–Trinajstić information content (AvgIpc) is 3.30. The van der Waals surface area contributed by atoms with E-state index in [1.165, 1.54) is 12.3 Å². The van der Waals surface area contributed by atoms with E-state index in [-0.39, 0.29) is 11.4 Å². The number of aryl methyl sites for hydroxylation is 2. The molecule has 1 aliphatic rings. The molecule has 0 aliphatic heterocycles. The molecular weight excluding hydrogens is 435 g/mol. The lowest BCUT2D eigenvalue weighted by atomic mass is 9.90. The van der Waals surface area contributed by atoms with Crippen molar-refractivity contribution in [1.29, 1.82) is 5.26 Å². The van der Waals surface area contributed by atoms with E-state index >= 15 is 0 Å². The summed E-state index contributed by atoms with van der Waals surface area (Å²) in [6.45, 7) is 5.17. The number of nitriles is 1. The molecule has 1 aliphatic carbocycles. The third-order valence-electron chi connectivity index (χ3n) is 6.69. The van der Waals surface area contributed by atoms with Crippen molar-refractivity contribution in [3.05, 3.63) is 88.9 Å². The standard InChI is InChI=1S/C31H26FN2O/c1-18-5-10-24-25-11-8-21(16-33)28(19-6-7-20-14-31(2,3)15-22(20)13-19)30(25)35-29(24)27(18)26-12-9-23(32)17-34(26)4/h5-13,17H,14-15H2,1-4H3/q+1/i14D2,15D2. The number of hydrogen-bond acceptors (Lipinski definition) is 2. The molecule has 2 aromatic heterocycles. The Bertz CT molecular complexity index is 1900. The summed E-state index contributed by atoms with van der Waals surface area (Å²) in [7, 11) is 1.77. The van der Waals surface area contributed by atoms with E-state index in [9.17, 15) is 9.65 Å². The van der Waals surface area contributed by atoms with Gasteiger partial charge in [-0.2, -0.15) is 9.83 Å². The predicted molar refractivity (Wildman–Crippen MR) is 136 cm³/mol. The maximum Gasteiger partial charge on any atom is 0.216 e. The first-order valence-electron chi connectivity index (χ1n) is 13.5. The number of benzene rings is 3. The van der Waals surface area contributed by atoms with Gasteiger partial charge in [0.15, 0.2) is 5.82 Å². The normalized spacial score (nSPS) is 19.0. The summed E-state index contributed by atoms with van der Waals surface area (Å²) in [5, 5.41) is 11.7. The van der Waals surface area contributed by atoms with E-state index in [0.29, 0.717) is 33.4 Å². The van der Waals surface area contributed by atoms with Gasteiger partial charge in [-0.15, -0.1) is 0 Å². The highest BCUT2D eigenvalue weighted by molar-refractivity contribution is 6.14. The average molecular weight is 466 g/mol. The molecule has 35 heavy (non-hydrogen) atoms. The van der Waals surface area contributed by atoms with Crippen molar-refractivity contribution in [2.24, 2.45) is 12.5 Å². The summed E-state index contributed by atoms with van der Waals surface area (Å²) in [5.74, 6) is -0.347. The molecule has 0 N–H and O–H groups in total. The van der Waals surface area contributed by atoms with Crippen LogP contribution in [0.2, 0.25) is 0 Å². The minimum absolute atomic E-state index is 0.280. The lowest BCUT2D eigenvalue weighted by Gasteiger charge is -2.14. The van der Waals surface area contributed by atoms with Crippen LogP contribution in [0.4, 0.5) is 4.39 Å². The zero-order valence-electron chi connectivity index (χ0n) is 24.0. The van der Waals surface area contributed by atoms with Crippen molar-refractivity contribution < 1.29 is 18.9 Å².